The van der Waals surface area contributed by atoms with E-state index in [0.29, 0.717) is 19.4 Å². The van der Waals surface area contributed by atoms with Gasteiger partial charge in [0.05, 0.1) is 10.8 Å². The van der Waals surface area contributed by atoms with Crippen LogP contribution < -0.4 is 0 Å². The fraction of sp³-hybridized carbons (Fsp3) is 0.708. The van der Waals surface area contributed by atoms with E-state index in [1.54, 1.807) is 24.3 Å². The number of benzene rings is 1. The van der Waals surface area contributed by atoms with Crippen molar-refractivity contribution in [3.05, 3.63) is 29.8 Å². The smallest absolute Gasteiger partial charge is 0.310 e. The Morgan fingerprint density at radius 3 is 2.16 bits per heavy atom. The van der Waals surface area contributed by atoms with E-state index >= 15 is 0 Å². The van der Waals surface area contributed by atoms with Gasteiger partial charge in [-0.05, 0) is 70.8 Å². The maximum absolute atomic E-state index is 13.5. The van der Waals surface area contributed by atoms with Gasteiger partial charge in [-0.15, -0.1) is 0 Å². The molecule has 1 aromatic carbocycles. The second kappa shape index (κ2) is 9.56. The molecule has 0 aliphatic carbocycles. The number of esters is 1. The molecule has 0 N–H and O–H groups in total. The third-order valence-corrected chi connectivity index (χ3v) is 12.9. The average Bonchev–Trinajstić information content (AvgIpc) is 3.05. The first-order chi connectivity index (χ1) is 14.4. The van der Waals surface area contributed by atoms with Crippen molar-refractivity contribution in [2.24, 2.45) is 5.92 Å². The van der Waals surface area contributed by atoms with Crippen molar-refractivity contribution in [3.63, 3.8) is 0 Å². The first-order valence-corrected chi connectivity index (χ1v) is 15.7. The molecular formula is C24H41NO5SSi. The van der Waals surface area contributed by atoms with Crippen molar-refractivity contribution >= 4 is 24.3 Å². The first kappa shape index (κ1) is 27.0. The molecule has 1 aromatic rings. The highest BCUT2D eigenvalue weighted by Crippen LogP contribution is 2.38. The van der Waals surface area contributed by atoms with Crippen molar-refractivity contribution in [1.82, 2.24) is 4.31 Å². The monoisotopic (exact) mass is 483 g/mol. The summed E-state index contributed by atoms with van der Waals surface area (Å²) in [6.07, 6.45) is 0.998. The predicted octanol–water partition coefficient (Wildman–Crippen LogP) is 5.13. The minimum atomic E-state index is -3.73. The van der Waals surface area contributed by atoms with Gasteiger partial charge in [-0.2, -0.15) is 4.31 Å². The van der Waals surface area contributed by atoms with Crippen LogP contribution in [0.2, 0.25) is 18.1 Å². The maximum atomic E-state index is 13.5. The minimum absolute atomic E-state index is 0.0788. The summed E-state index contributed by atoms with van der Waals surface area (Å²) < 4.78 is 40.3. The molecule has 0 aromatic heterocycles. The van der Waals surface area contributed by atoms with E-state index in [2.05, 4.69) is 33.9 Å². The lowest BCUT2D eigenvalue weighted by atomic mass is 10.0. The van der Waals surface area contributed by atoms with E-state index in [1.807, 2.05) is 27.7 Å². The molecule has 1 heterocycles. The van der Waals surface area contributed by atoms with Gasteiger partial charge in [0.15, 0.2) is 8.32 Å². The lowest BCUT2D eigenvalue weighted by Crippen LogP contribution is -2.42. The molecule has 1 saturated heterocycles. The second-order valence-corrected chi connectivity index (χ2v) is 18.1. The fourth-order valence-corrected chi connectivity index (χ4v) is 6.28. The van der Waals surface area contributed by atoms with Gasteiger partial charge in [-0.25, -0.2) is 8.42 Å². The van der Waals surface area contributed by atoms with Crippen LogP contribution in [0.25, 0.3) is 0 Å². The van der Waals surface area contributed by atoms with Gasteiger partial charge in [0.2, 0.25) is 10.0 Å². The molecule has 0 unspecified atom stereocenters. The van der Waals surface area contributed by atoms with E-state index in [0.717, 1.165) is 5.56 Å². The number of hydrogen-bond acceptors (Lipinski definition) is 5. The Labute approximate surface area is 195 Å². The minimum Gasteiger partial charge on any atom is -0.460 e. The number of sulfonamides is 1. The van der Waals surface area contributed by atoms with Gasteiger partial charge < -0.3 is 9.16 Å². The average molecular weight is 484 g/mol. The lowest BCUT2D eigenvalue weighted by molar-refractivity contribution is -0.159. The van der Waals surface area contributed by atoms with Crippen LogP contribution in [0.15, 0.2) is 29.2 Å². The van der Waals surface area contributed by atoms with Gasteiger partial charge in [0.1, 0.15) is 5.60 Å². The Kier molecular flexibility index (Phi) is 8.08. The van der Waals surface area contributed by atoms with Crippen LogP contribution in [0.3, 0.4) is 0 Å². The van der Waals surface area contributed by atoms with Crippen molar-refractivity contribution in [2.45, 2.75) is 96.0 Å². The predicted molar refractivity (Wildman–Crippen MR) is 131 cm³/mol. The molecule has 6 nitrogen and oxygen atoms in total. The van der Waals surface area contributed by atoms with E-state index in [4.69, 9.17) is 9.16 Å². The van der Waals surface area contributed by atoms with Crippen molar-refractivity contribution in [1.29, 1.82) is 0 Å². The van der Waals surface area contributed by atoms with E-state index < -0.39 is 29.9 Å². The van der Waals surface area contributed by atoms with Gasteiger partial charge in [0.25, 0.3) is 0 Å². The van der Waals surface area contributed by atoms with Crippen LogP contribution in [0.4, 0.5) is 0 Å². The highest BCUT2D eigenvalue weighted by atomic mass is 32.2. The molecule has 8 heteroatoms. The van der Waals surface area contributed by atoms with Crippen LogP contribution in [-0.4, -0.2) is 51.8 Å². The Hall–Kier alpha value is -1.22. The molecule has 0 radical (unpaired) electrons. The SMILES string of the molecule is Cc1ccc(S(=O)(=O)N2C[C@@H](C(=O)OC(C)(C)C)C[C@H]2CCO[Si](C)(C)C(C)(C)C)cc1. The third-order valence-electron chi connectivity index (χ3n) is 6.45. The van der Waals surface area contributed by atoms with E-state index in [1.165, 1.54) is 4.31 Å². The number of ether oxygens (including phenoxy) is 1. The number of aryl methyl sites for hydroxylation is 1. The highest BCUT2D eigenvalue weighted by molar-refractivity contribution is 7.89. The normalized spacial score (nSPS) is 21.0. The molecule has 0 amide bonds. The van der Waals surface area contributed by atoms with E-state index in [9.17, 15) is 13.2 Å². The van der Waals surface area contributed by atoms with E-state index in [-0.39, 0.29) is 28.5 Å². The van der Waals surface area contributed by atoms with Crippen LogP contribution in [-0.2, 0) is 24.0 Å². The summed E-state index contributed by atoms with van der Waals surface area (Å²) in [6.45, 7) is 18.9. The van der Waals surface area contributed by atoms with Crippen LogP contribution in [0, 0.1) is 12.8 Å². The van der Waals surface area contributed by atoms with Gasteiger partial charge in [-0.1, -0.05) is 38.5 Å². The molecule has 32 heavy (non-hydrogen) atoms. The number of carbonyl (C=O) groups is 1. The largest absolute Gasteiger partial charge is 0.460 e. The second-order valence-electron chi connectivity index (χ2n) is 11.4. The number of rotatable bonds is 7. The maximum Gasteiger partial charge on any atom is 0.310 e. The molecule has 1 fully saturated rings. The van der Waals surface area contributed by atoms with Crippen molar-refractivity contribution in [3.8, 4) is 0 Å². The number of hydrogen-bond donors (Lipinski definition) is 0. The van der Waals surface area contributed by atoms with Crippen molar-refractivity contribution < 1.29 is 22.4 Å². The van der Waals surface area contributed by atoms with Gasteiger partial charge in [0, 0.05) is 19.2 Å². The molecule has 1 aliphatic heterocycles. The number of carbonyl (C=O) groups excluding carboxylic acids is 1. The Balaban J connectivity index is 2.24. The summed E-state index contributed by atoms with van der Waals surface area (Å²) in [6, 6.07) is 6.56. The number of nitrogens with zero attached hydrogens (tertiary/aromatic N) is 1. The summed E-state index contributed by atoms with van der Waals surface area (Å²) >= 11 is 0. The Bertz CT molecular complexity index is 898. The summed E-state index contributed by atoms with van der Waals surface area (Å²) in [5, 5.41) is 0.0788. The molecule has 2 atom stereocenters. The van der Waals surface area contributed by atoms with Crippen LogP contribution >= 0.6 is 0 Å². The topological polar surface area (TPSA) is 72.9 Å². The Morgan fingerprint density at radius 1 is 1.09 bits per heavy atom. The summed E-state index contributed by atoms with van der Waals surface area (Å²) in [5.41, 5.74) is 0.387. The lowest BCUT2D eigenvalue weighted by Gasteiger charge is -2.36. The third kappa shape index (κ3) is 6.65. The van der Waals surface area contributed by atoms with Gasteiger partial charge >= 0.3 is 5.97 Å². The zero-order valence-corrected chi connectivity index (χ0v) is 23.0. The molecule has 0 spiro atoms. The highest BCUT2D eigenvalue weighted by Gasteiger charge is 2.44. The zero-order chi connectivity index (χ0) is 24.5. The first-order valence-electron chi connectivity index (χ1n) is 11.4. The molecule has 1 aliphatic rings. The van der Waals surface area contributed by atoms with Gasteiger partial charge in [-0.3, -0.25) is 4.79 Å². The molecule has 182 valence electrons. The van der Waals surface area contributed by atoms with Crippen molar-refractivity contribution in [2.75, 3.05) is 13.2 Å². The van der Waals surface area contributed by atoms with Crippen LogP contribution in [0.5, 0.6) is 0 Å². The van der Waals surface area contributed by atoms with Crippen LogP contribution in [0.1, 0.15) is 59.9 Å². The molecular weight excluding hydrogens is 442 g/mol. The quantitative estimate of drug-likeness (QED) is 0.397. The molecule has 2 rings (SSSR count). The molecule has 0 bridgehead atoms. The fourth-order valence-electron chi connectivity index (χ4n) is 3.51. The Morgan fingerprint density at radius 2 is 1.66 bits per heavy atom. The molecule has 0 saturated carbocycles. The standard InChI is InChI=1S/C24H41NO5SSi/c1-18-10-12-21(13-11-18)31(27,28)25-17-19(22(26)30-23(2,3)4)16-20(25)14-15-29-32(8,9)24(5,6)7/h10-13,19-20H,14-17H2,1-9H3/t19-,20+/m0/s1. The summed E-state index contributed by atoms with van der Waals surface area (Å²) in [5.74, 6) is -0.818. The summed E-state index contributed by atoms with van der Waals surface area (Å²) in [7, 11) is -5.67. The summed E-state index contributed by atoms with van der Waals surface area (Å²) in [4.78, 5) is 13.0. The zero-order valence-electron chi connectivity index (χ0n) is 21.2.